The van der Waals surface area contributed by atoms with Gasteiger partial charge in [-0.25, -0.2) is 0 Å². The van der Waals surface area contributed by atoms with E-state index in [1.165, 1.54) is 69.8 Å². The van der Waals surface area contributed by atoms with Crippen molar-refractivity contribution in [3.8, 4) is 0 Å². The Hall–Kier alpha value is -1.77. The van der Waals surface area contributed by atoms with Crippen molar-refractivity contribution in [2.24, 2.45) is 0 Å². The fourth-order valence-electron chi connectivity index (χ4n) is 6.82. The van der Waals surface area contributed by atoms with Gasteiger partial charge in [0, 0.05) is 0 Å². The van der Waals surface area contributed by atoms with Gasteiger partial charge in [0.2, 0.25) is 0 Å². The van der Waals surface area contributed by atoms with E-state index in [9.17, 15) is 0 Å². The van der Waals surface area contributed by atoms with Gasteiger partial charge in [-0.1, -0.05) is 109 Å². The Balaban J connectivity index is 0.000000874. The maximum atomic E-state index is 5.24. The van der Waals surface area contributed by atoms with Crippen molar-refractivity contribution in [3.63, 3.8) is 0 Å². The van der Waals surface area contributed by atoms with Crippen LogP contribution >= 0.6 is 63.2 Å². The predicted molar refractivity (Wildman–Crippen MR) is 228 cm³/mol. The Labute approximate surface area is 319 Å². The second-order valence-corrected chi connectivity index (χ2v) is 38.0. The minimum Gasteiger partial charge on any atom is -0.0620 e. The molecule has 7 heteroatoms. The molecule has 6 aromatic rings. The second-order valence-electron chi connectivity index (χ2n) is 11.8. The average Bonchev–Trinajstić information content (AvgIpc) is 3.15. The van der Waals surface area contributed by atoms with Crippen LogP contribution in [0.15, 0.2) is 182 Å². The van der Waals surface area contributed by atoms with Crippen molar-refractivity contribution in [2.45, 2.75) is 25.7 Å². The van der Waals surface area contributed by atoms with E-state index < -0.39 is 21.8 Å². The molecule has 0 spiro atoms. The summed E-state index contributed by atoms with van der Waals surface area (Å²) in [6.45, 7) is 0. The summed E-state index contributed by atoms with van der Waals surface area (Å²) in [6, 6.07) is 67.9. The fourth-order valence-corrected chi connectivity index (χ4v) is 15.6. The van der Waals surface area contributed by atoms with Crippen LogP contribution in [0.2, 0.25) is 0 Å². The van der Waals surface area contributed by atoms with Crippen LogP contribution in [0.5, 0.6) is 0 Å². The molecule has 0 fully saturated rings. The number of halogens is 4. The third-order valence-electron chi connectivity index (χ3n) is 8.92. The van der Waals surface area contributed by atoms with Gasteiger partial charge in [0.05, 0.1) is 12.3 Å². The molecule has 0 aliphatic carbocycles. The molecule has 0 nitrogen and oxygen atoms in total. The maximum Gasteiger partial charge on any atom is 0.112 e. The third-order valence-corrected chi connectivity index (χ3v) is 18.0. The Bertz CT molecular complexity index is 1460. The summed E-state index contributed by atoms with van der Waals surface area (Å²) in [5, 5.41) is 8.91. The Morgan fingerprint density at radius 1 is 0.327 bits per heavy atom. The van der Waals surface area contributed by atoms with E-state index in [-0.39, 0.29) is 0 Å². The van der Waals surface area contributed by atoms with Crippen molar-refractivity contribution in [2.75, 3.05) is 12.3 Å². The molecule has 0 aliphatic heterocycles. The Morgan fingerprint density at radius 3 is 0.653 bits per heavy atom. The molecule has 6 aromatic carbocycles. The standard InChI is InChI=1S/C42H42P2.2BrH.2ClH.Co/c1(21-35-43(37-23-9-3-10-24-37,38-25-11-4-12-26-38)39-27-13-5-14-28-39)2-22-36-44(40-29-15-6-16-30-40,41-31-17-7-18-32-41)42-33-19-8-20-34-42;;;;;/h3-20,23-34H,1-2,21-22,35-36H2;4*1H;/q+2;;;;;+2/p-4. The first-order valence-electron chi connectivity index (χ1n) is 16.4. The molecule has 0 aliphatic rings. The Kier molecular flexibility index (Phi) is 15.0. The normalized spacial score (nSPS) is 12.1. The van der Waals surface area contributed by atoms with Gasteiger partial charge < -0.3 is 0 Å². The van der Waals surface area contributed by atoms with Crippen LogP contribution in [0, 0.1) is 0 Å². The quantitative estimate of drug-likeness (QED) is 0.0800. The summed E-state index contributed by atoms with van der Waals surface area (Å²) in [5.41, 5.74) is 0. The average molecular weight is 898 g/mol. The van der Waals surface area contributed by atoms with E-state index in [0.717, 1.165) is 0 Å². The molecule has 0 amide bonds. The number of benzene rings is 6. The molecule has 0 aromatic heterocycles. The van der Waals surface area contributed by atoms with E-state index in [1.807, 2.05) is 0 Å². The summed E-state index contributed by atoms with van der Waals surface area (Å²) in [4.78, 5) is 0. The monoisotopic (exact) mass is 895 g/mol. The zero-order chi connectivity index (χ0) is 34.4. The zero-order valence-electron chi connectivity index (χ0n) is 27.3. The zero-order valence-corrected chi connectivity index (χ0v) is 34.8. The van der Waals surface area contributed by atoms with Crippen LogP contribution in [-0.4, -0.2) is 12.3 Å². The molecule has 6 rings (SSSR count). The smallest absolute Gasteiger partial charge is 0.0620 e. The van der Waals surface area contributed by atoms with Crippen LogP contribution in [0.3, 0.4) is 0 Å². The summed E-state index contributed by atoms with van der Waals surface area (Å²) in [6.07, 6.45) is 7.32. The van der Waals surface area contributed by atoms with Gasteiger partial charge in [0.1, 0.15) is 46.4 Å². The van der Waals surface area contributed by atoms with Gasteiger partial charge in [-0.2, -0.15) is 0 Å². The molecule has 0 radical (unpaired) electrons. The Morgan fingerprint density at radius 2 is 0.490 bits per heavy atom. The number of rotatable bonds is 13. The van der Waals surface area contributed by atoms with Crippen LogP contribution in [0.4, 0.5) is 0 Å². The third kappa shape index (κ3) is 10.4. The van der Waals surface area contributed by atoms with Crippen LogP contribution in [0.25, 0.3) is 0 Å². The molecule has 0 N–H and O–H groups in total. The molecule has 0 unspecified atom stereocenters. The van der Waals surface area contributed by atoms with E-state index in [1.54, 1.807) is 0 Å². The minimum absolute atomic E-state index is 1.20. The summed E-state index contributed by atoms with van der Waals surface area (Å²) < 4.78 is 0. The van der Waals surface area contributed by atoms with Gasteiger partial charge >= 0.3 is 55.9 Å². The largest absolute Gasteiger partial charge is 0.112 e. The van der Waals surface area contributed by atoms with E-state index >= 15 is 0 Å². The minimum atomic E-state index is -1.81. The van der Waals surface area contributed by atoms with Crippen LogP contribution in [-0.2, 0) is 7.23 Å². The first kappa shape index (κ1) is 38.5. The summed E-state index contributed by atoms with van der Waals surface area (Å²) >= 11 is 5.86. The molecule has 0 atom stereocenters. The number of unbranched alkanes of at least 4 members (excludes halogenated alkanes) is 3. The van der Waals surface area contributed by atoms with Crippen molar-refractivity contribution in [1.82, 2.24) is 0 Å². The second kappa shape index (κ2) is 19.2. The molecular formula is C42H42Br2Cl2CoP2. The maximum absolute atomic E-state index is 5.24. The van der Waals surface area contributed by atoms with E-state index in [2.05, 4.69) is 210 Å². The number of hydrogen-bond donors (Lipinski definition) is 0. The number of hydrogen-bond acceptors (Lipinski definition) is 0. The van der Waals surface area contributed by atoms with E-state index in [4.69, 9.17) is 20.3 Å². The van der Waals surface area contributed by atoms with Crippen molar-refractivity contribution >= 4 is 95.0 Å². The topological polar surface area (TPSA) is 0 Å². The van der Waals surface area contributed by atoms with Gasteiger partial charge in [-0.05, 0) is 98.5 Å². The van der Waals surface area contributed by atoms with Crippen molar-refractivity contribution in [1.29, 1.82) is 0 Å². The van der Waals surface area contributed by atoms with Gasteiger partial charge in [-0.15, -0.1) is 0 Å². The predicted octanol–water partition coefficient (Wildman–Crippen LogP) is 11.6. The fraction of sp³-hybridized carbons (Fsp3) is 0.143. The summed E-state index contributed by atoms with van der Waals surface area (Å²) in [5.74, 6) is 0. The molecule has 0 saturated heterocycles. The van der Waals surface area contributed by atoms with E-state index in [0.29, 0.717) is 0 Å². The van der Waals surface area contributed by atoms with Crippen molar-refractivity contribution in [3.05, 3.63) is 182 Å². The summed E-state index contributed by atoms with van der Waals surface area (Å²) in [7, 11) is 5.13. The molecular weight excluding hydrogens is 856 g/mol. The SMILES string of the molecule is [Cl][Co-2]([Cl])([Br])[Br].c1ccc([P+](CCCCCC[P+](c2ccccc2)(c2ccccc2)c2ccccc2)(c2ccccc2)c2ccccc2)cc1. The van der Waals surface area contributed by atoms with Gasteiger partial charge in [-0.3, -0.25) is 0 Å². The molecule has 257 valence electrons. The van der Waals surface area contributed by atoms with Crippen LogP contribution < -0.4 is 31.8 Å². The molecule has 0 saturated carbocycles. The van der Waals surface area contributed by atoms with Gasteiger partial charge in [0.15, 0.2) is 0 Å². The first-order valence-corrected chi connectivity index (χ1v) is 28.4. The molecule has 0 bridgehead atoms. The van der Waals surface area contributed by atoms with Crippen molar-refractivity contribution < 1.29 is 7.23 Å². The van der Waals surface area contributed by atoms with Crippen LogP contribution in [0.1, 0.15) is 25.7 Å². The molecule has 0 heterocycles. The molecule has 49 heavy (non-hydrogen) atoms. The first-order chi connectivity index (χ1) is 23.8. The van der Waals surface area contributed by atoms with Gasteiger partial charge in [0.25, 0.3) is 0 Å².